The Bertz CT molecular complexity index is 880. The number of nitriles is 1. The van der Waals surface area contributed by atoms with Crippen LogP contribution in [-0.2, 0) is 11.2 Å². The number of halogens is 1. The first-order valence-electron chi connectivity index (χ1n) is 9.19. The molecule has 6 nitrogen and oxygen atoms in total. The number of benzene rings is 1. The Labute approximate surface area is 157 Å². The highest BCUT2D eigenvalue weighted by atomic mass is 19.1. The van der Waals surface area contributed by atoms with E-state index < -0.39 is 0 Å². The molecule has 2 aliphatic rings. The van der Waals surface area contributed by atoms with Crippen molar-refractivity contribution >= 4 is 11.7 Å². The lowest BCUT2D eigenvalue weighted by molar-refractivity contribution is -0.130. The van der Waals surface area contributed by atoms with Gasteiger partial charge >= 0.3 is 0 Å². The fourth-order valence-electron chi connectivity index (χ4n) is 3.43. The maximum atomic E-state index is 14.2. The van der Waals surface area contributed by atoms with Crippen molar-refractivity contribution in [2.45, 2.75) is 25.2 Å². The molecule has 1 saturated heterocycles. The largest absolute Gasteiger partial charge is 0.352 e. The van der Waals surface area contributed by atoms with Crippen LogP contribution in [0.4, 0.5) is 10.2 Å². The number of carbonyl (C=O) groups excluding carboxylic acids is 1. The zero-order valence-corrected chi connectivity index (χ0v) is 14.9. The first-order valence-corrected chi connectivity index (χ1v) is 9.19. The lowest BCUT2D eigenvalue weighted by Gasteiger charge is -2.35. The third-order valence-corrected chi connectivity index (χ3v) is 5.16. The summed E-state index contributed by atoms with van der Waals surface area (Å²) in [5.74, 6) is 0.901. The van der Waals surface area contributed by atoms with Gasteiger partial charge in [-0.05, 0) is 48.1 Å². The van der Waals surface area contributed by atoms with E-state index >= 15 is 0 Å². The van der Waals surface area contributed by atoms with E-state index in [4.69, 9.17) is 5.26 Å². The molecule has 7 heteroatoms. The number of rotatable bonds is 4. The Morgan fingerprint density at radius 3 is 2.52 bits per heavy atom. The molecule has 2 heterocycles. The highest BCUT2D eigenvalue weighted by Crippen LogP contribution is 2.41. The fraction of sp³-hybridized carbons (Fsp3) is 0.400. The van der Waals surface area contributed by atoms with Crippen molar-refractivity contribution < 1.29 is 9.18 Å². The average Bonchev–Trinajstić information content (AvgIpc) is 3.53. The number of amides is 1. The summed E-state index contributed by atoms with van der Waals surface area (Å²) >= 11 is 0. The number of aromatic nitrogens is 2. The van der Waals surface area contributed by atoms with Gasteiger partial charge in [0.1, 0.15) is 11.9 Å². The lowest BCUT2D eigenvalue weighted by Crippen LogP contribution is -2.49. The molecular weight excluding hydrogens is 345 g/mol. The van der Waals surface area contributed by atoms with Gasteiger partial charge in [0.05, 0.1) is 6.42 Å². The number of hydrogen-bond acceptors (Lipinski definition) is 5. The predicted octanol–water partition coefficient (Wildman–Crippen LogP) is 2.26. The summed E-state index contributed by atoms with van der Waals surface area (Å²) in [5, 5.41) is 16.7. The van der Waals surface area contributed by atoms with Gasteiger partial charge in [-0.25, -0.2) is 4.39 Å². The summed E-state index contributed by atoms with van der Waals surface area (Å²) in [6.45, 7) is 2.48. The Hall–Kier alpha value is -3.01. The molecule has 1 aliphatic carbocycles. The topological polar surface area (TPSA) is 73.1 Å². The van der Waals surface area contributed by atoms with E-state index in [0.29, 0.717) is 37.9 Å². The van der Waals surface area contributed by atoms with E-state index in [9.17, 15) is 9.18 Å². The minimum atomic E-state index is -0.188. The van der Waals surface area contributed by atoms with Crippen LogP contribution < -0.4 is 4.90 Å². The van der Waals surface area contributed by atoms with Crippen LogP contribution in [0.25, 0.3) is 0 Å². The lowest BCUT2D eigenvalue weighted by atomic mass is 10.0. The zero-order chi connectivity index (χ0) is 18.8. The molecule has 0 atom stereocenters. The SMILES string of the molecule is N#Cc1ccc(N2CCN(C(=O)Cc3ccc(C4CC4)c(F)c3)CC2)nn1. The molecule has 2 fully saturated rings. The van der Waals surface area contributed by atoms with E-state index in [1.54, 1.807) is 17.0 Å². The van der Waals surface area contributed by atoms with E-state index in [2.05, 4.69) is 10.2 Å². The molecule has 1 aliphatic heterocycles. The second-order valence-corrected chi connectivity index (χ2v) is 7.06. The second kappa shape index (κ2) is 7.31. The quantitative estimate of drug-likeness (QED) is 0.831. The molecule has 1 saturated carbocycles. The van der Waals surface area contributed by atoms with Crippen LogP contribution in [0.1, 0.15) is 35.6 Å². The third-order valence-electron chi connectivity index (χ3n) is 5.16. The predicted molar refractivity (Wildman–Crippen MR) is 97.6 cm³/mol. The van der Waals surface area contributed by atoms with Crippen molar-refractivity contribution in [1.82, 2.24) is 15.1 Å². The van der Waals surface area contributed by atoms with Gasteiger partial charge in [-0.3, -0.25) is 4.79 Å². The van der Waals surface area contributed by atoms with Gasteiger partial charge in [-0.1, -0.05) is 12.1 Å². The first kappa shape index (κ1) is 17.4. The van der Waals surface area contributed by atoms with Crippen molar-refractivity contribution in [3.63, 3.8) is 0 Å². The summed E-state index contributed by atoms with van der Waals surface area (Å²) < 4.78 is 14.2. The summed E-state index contributed by atoms with van der Waals surface area (Å²) in [7, 11) is 0. The minimum Gasteiger partial charge on any atom is -0.352 e. The molecule has 0 bridgehead atoms. The number of piperazine rings is 1. The molecule has 0 N–H and O–H groups in total. The molecule has 0 unspecified atom stereocenters. The fourth-order valence-corrected chi connectivity index (χ4v) is 3.43. The molecule has 0 radical (unpaired) electrons. The summed E-state index contributed by atoms with van der Waals surface area (Å²) in [6.07, 6.45) is 2.34. The van der Waals surface area contributed by atoms with E-state index in [1.807, 2.05) is 23.1 Å². The van der Waals surface area contributed by atoms with Crippen molar-refractivity contribution in [2.75, 3.05) is 31.1 Å². The summed E-state index contributed by atoms with van der Waals surface area (Å²) in [4.78, 5) is 16.4. The number of anilines is 1. The highest BCUT2D eigenvalue weighted by molar-refractivity contribution is 5.79. The Morgan fingerprint density at radius 1 is 1.15 bits per heavy atom. The van der Waals surface area contributed by atoms with Crippen LogP contribution in [0.2, 0.25) is 0 Å². The molecule has 0 spiro atoms. The van der Waals surface area contributed by atoms with Crippen molar-refractivity contribution in [3.8, 4) is 6.07 Å². The van der Waals surface area contributed by atoms with Crippen LogP contribution in [0, 0.1) is 17.1 Å². The minimum absolute atomic E-state index is 0.0131. The Balaban J connectivity index is 1.33. The summed E-state index contributed by atoms with van der Waals surface area (Å²) in [6, 6.07) is 10.6. The third kappa shape index (κ3) is 3.90. The van der Waals surface area contributed by atoms with E-state index in [0.717, 1.165) is 24.0 Å². The van der Waals surface area contributed by atoms with E-state index in [1.165, 1.54) is 6.07 Å². The molecule has 1 aromatic heterocycles. The van der Waals surface area contributed by atoms with Crippen molar-refractivity contribution in [2.24, 2.45) is 0 Å². The Kier molecular flexibility index (Phi) is 4.71. The molecule has 2 aromatic rings. The number of nitrogens with zero attached hydrogens (tertiary/aromatic N) is 5. The Morgan fingerprint density at radius 2 is 1.93 bits per heavy atom. The highest BCUT2D eigenvalue weighted by Gasteiger charge is 2.27. The van der Waals surface area contributed by atoms with Gasteiger partial charge < -0.3 is 9.80 Å². The van der Waals surface area contributed by atoms with E-state index in [-0.39, 0.29) is 23.8 Å². The van der Waals surface area contributed by atoms with Crippen molar-refractivity contribution in [1.29, 1.82) is 5.26 Å². The molecule has 1 aromatic carbocycles. The van der Waals surface area contributed by atoms with Gasteiger partial charge in [-0.2, -0.15) is 5.26 Å². The molecular formula is C20H20FN5O. The van der Waals surface area contributed by atoms with Gasteiger partial charge in [-0.15, -0.1) is 10.2 Å². The number of carbonyl (C=O) groups is 1. The maximum absolute atomic E-state index is 14.2. The molecule has 4 rings (SSSR count). The molecule has 1 amide bonds. The normalized spacial score (nSPS) is 16.9. The smallest absolute Gasteiger partial charge is 0.227 e. The van der Waals surface area contributed by atoms with Crippen LogP contribution >= 0.6 is 0 Å². The van der Waals surface area contributed by atoms with Gasteiger partial charge in [0, 0.05) is 26.2 Å². The van der Waals surface area contributed by atoms with Crippen LogP contribution in [0.3, 0.4) is 0 Å². The van der Waals surface area contributed by atoms with Crippen LogP contribution in [-0.4, -0.2) is 47.2 Å². The zero-order valence-electron chi connectivity index (χ0n) is 14.9. The standard InChI is InChI=1S/C20H20FN5O/c21-18-11-14(1-5-17(18)15-2-3-15)12-20(27)26-9-7-25(8-10-26)19-6-4-16(13-22)23-24-19/h1,4-6,11,15H,2-3,7-10,12H2. The monoisotopic (exact) mass is 365 g/mol. The van der Waals surface area contributed by atoms with Gasteiger partial charge in [0.25, 0.3) is 0 Å². The molecule has 138 valence electrons. The van der Waals surface area contributed by atoms with Crippen LogP contribution in [0.5, 0.6) is 0 Å². The van der Waals surface area contributed by atoms with Crippen LogP contribution in [0.15, 0.2) is 30.3 Å². The molecule has 27 heavy (non-hydrogen) atoms. The van der Waals surface area contributed by atoms with Crippen molar-refractivity contribution in [3.05, 3.63) is 53.0 Å². The van der Waals surface area contributed by atoms with Gasteiger partial charge in [0.2, 0.25) is 5.91 Å². The average molecular weight is 365 g/mol. The second-order valence-electron chi connectivity index (χ2n) is 7.06. The number of hydrogen-bond donors (Lipinski definition) is 0. The first-order chi connectivity index (χ1) is 13.1. The summed E-state index contributed by atoms with van der Waals surface area (Å²) in [5.41, 5.74) is 1.79. The maximum Gasteiger partial charge on any atom is 0.227 e. The van der Waals surface area contributed by atoms with Gasteiger partial charge in [0.15, 0.2) is 11.5 Å².